The third-order valence-corrected chi connectivity index (χ3v) is 4.93. The van der Waals surface area contributed by atoms with E-state index >= 15 is 0 Å². The Morgan fingerprint density at radius 3 is 1.94 bits per heavy atom. The van der Waals surface area contributed by atoms with Crippen molar-refractivity contribution in [3.63, 3.8) is 0 Å². The van der Waals surface area contributed by atoms with Crippen LogP contribution in [-0.4, -0.2) is 34.3 Å². The molecule has 1 rings (SSSR count). The molecule has 0 saturated heterocycles. The van der Waals surface area contributed by atoms with Gasteiger partial charge in [-0.25, -0.2) is 21.8 Å². The molecule has 0 N–H and O–H groups in total. The van der Waals surface area contributed by atoms with Gasteiger partial charge in [-0.15, -0.1) is 3.71 Å². The summed E-state index contributed by atoms with van der Waals surface area (Å²) in [5, 5.41) is 0.283. The van der Waals surface area contributed by atoms with Crippen molar-refractivity contribution in [2.24, 2.45) is 0 Å². The molecule has 16 heavy (non-hydrogen) atoms. The van der Waals surface area contributed by atoms with E-state index in [4.69, 9.17) is 11.6 Å². The Morgan fingerprint density at radius 2 is 1.62 bits per heavy atom. The van der Waals surface area contributed by atoms with Gasteiger partial charge in [-0.3, -0.25) is 0 Å². The maximum atomic E-state index is 11.3. The summed E-state index contributed by atoms with van der Waals surface area (Å²) < 4.78 is 45.6. The largest absolute Gasteiger partial charge is 0.246 e. The van der Waals surface area contributed by atoms with Crippen molar-refractivity contribution >= 4 is 37.5 Å². The normalized spacial score (nSPS) is 12.4. The lowest BCUT2D eigenvalue weighted by atomic mass is 10.5. The molecule has 0 aliphatic carbocycles. The molecule has 0 fully saturated rings. The monoisotopic (exact) mass is 284 g/mol. The smallest absolute Gasteiger partial charge is 0.236 e. The van der Waals surface area contributed by atoms with Crippen LogP contribution in [0.4, 0.5) is 5.82 Å². The van der Waals surface area contributed by atoms with Crippen LogP contribution in [0.25, 0.3) is 0 Å². The van der Waals surface area contributed by atoms with Crippen LogP contribution in [0.3, 0.4) is 0 Å². The minimum atomic E-state index is -3.95. The summed E-state index contributed by atoms with van der Waals surface area (Å²) in [6, 6.07) is 2.57. The molecule has 1 aromatic heterocycles. The number of hydrogen-bond acceptors (Lipinski definition) is 5. The summed E-state index contributed by atoms with van der Waals surface area (Å²) in [5.74, 6) is -0.214. The second kappa shape index (κ2) is 4.19. The van der Waals surface area contributed by atoms with Crippen LogP contribution in [0.15, 0.2) is 18.3 Å². The highest BCUT2D eigenvalue weighted by molar-refractivity contribution is 8.09. The average molecular weight is 285 g/mol. The van der Waals surface area contributed by atoms with Crippen LogP contribution in [-0.2, 0) is 20.0 Å². The zero-order chi connectivity index (χ0) is 12.6. The molecule has 0 saturated carbocycles. The topological polar surface area (TPSA) is 84.4 Å². The molecule has 0 radical (unpaired) electrons. The van der Waals surface area contributed by atoms with Gasteiger partial charge >= 0.3 is 0 Å². The van der Waals surface area contributed by atoms with Crippen LogP contribution in [0.5, 0.6) is 0 Å². The standard InChI is InChI=1S/C7H9ClN2O4S2/c1-15(11,12)10(16(2,13)14)7-4-3-6(8)5-9-7/h3-5H,1-2H3. The second-order valence-corrected chi connectivity index (χ2v) is 7.39. The zero-order valence-corrected chi connectivity index (χ0v) is 10.8. The second-order valence-electron chi connectivity index (χ2n) is 3.06. The third kappa shape index (κ3) is 3.06. The summed E-state index contributed by atoms with van der Waals surface area (Å²) in [7, 11) is -7.90. The van der Waals surface area contributed by atoms with E-state index in [-0.39, 0.29) is 14.6 Å². The lowest BCUT2D eigenvalue weighted by Gasteiger charge is -2.18. The van der Waals surface area contributed by atoms with Gasteiger partial charge in [0.2, 0.25) is 20.0 Å². The first-order valence-corrected chi connectivity index (χ1v) is 8.02. The lowest BCUT2D eigenvalue weighted by molar-refractivity contribution is 0.590. The number of anilines is 1. The molecule has 0 amide bonds. The highest BCUT2D eigenvalue weighted by atomic mass is 35.5. The predicted molar refractivity (Wildman–Crippen MR) is 61.4 cm³/mol. The van der Waals surface area contributed by atoms with Gasteiger partial charge in [0, 0.05) is 6.20 Å². The Hall–Kier alpha value is -0.860. The molecule has 1 aromatic rings. The molecule has 0 aliphatic rings. The van der Waals surface area contributed by atoms with E-state index in [0.717, 1.165) is 12.5 Å². The van der Waals surface area contributed by atoms with E-state index in [9.17, 15) is 16.8 Å². The van der Waals surface area contributed by atoms with Gasteiger partial charge in [0.1, 0.15) is 0 Å². The van der Waals surface area contributed by atoms with Crippen LogP contribution in [0.1, 0.15) is 0 Å². The number of pyridine rings is 1. The van der Waals surface area contributed by atoms with E-state index in [1.165, 1.54) is 18.3 Å². The van der Waals surface area contributed by atoms with Crippen molar-refractivity contribution < 1.29 is 16.8 Å². The van der Waals surface area contributed by atoms with Crippen LogP contribution < -0.4 is 3.71 Å². The summed E-state index contributed by atoms with van der Waals surface area (Å²) in [5.41, 5.74) is 0. The van der Waals surface area contributed by atoms with Crippen molar-refractivity contribution in [3.05, 3.63) is 23.4 Å². The van der Waals surface area contributed by atoms with Gasteiger partial charge in [-0.05, 0) is 12.1 Å². The molecule has 0 aliphatic heterocycles. The molecule has 0 aromatic carbocycles. The van der Waals surface area contributed by atoms with E-state index in [0.29, 0.717) is 0 Å². The number of sulfonamides is 2. The Balaban J connectivity index is 3.41. The molecule has 9 heteroatoms. The van der Waals surface area contributed by atoms with Crippen molar-refractivity contribution in [2.75, 3.05) is 16.2 Å². The molecular formula is C7H9ClN2O4S2. The van der Waals surface area contributed by atoms with Crippen LogP contribution in [0.2, 0.25) is 5.02 Å². The Kier molecular flexibility index (Phi) is 3.46. The maximum absolute atomic E-state index is 11.3. The number of hydrogen-bond donors (Lipinski definition) is 0. The SMILES string of the molecule is CS(=O)(=O)N(c1ccc(Cl)cn1)S(C)(=O)=O. The van der Waals surface area contributed by atoms with E-state index in [2.05, 4.69) is 4.98 Å². The molecule has 0 atom stereocenters. The minimum Gasteiger partial charge on any atom is -0.236 e. The van der Waals surface area contributed by atoms with Crippen LogP contribution >= 0.6 is 11.6 Å². The highest BCUT2D eigenvalue weighted by Gasteiger charge is 2.28. The van der Waals surface area contributed by atoms with Crippen molar-refractivity contribution in [1.29, 1.82) is 0 Å². The first kappa shape index (κ1) is 13.2. The van der Waals surface area contributed by atoms with E-state index in [1.807, 2.05) is 0 Å². The molecule has 0 spiro atoms. The molecular weight excluding hydrogens is 276 g/mol. The molecule has 0 unspecified atom stereocenters. The average Bonchev–Trinajstić information content (AvgIpc) is 2.03. The van der Waals surface area contributed by atoms with Gasteiger partial charge < -0.3 is 0 Å². The lowest BCUT2D eigenvalue weighted by Crippen LogP contribution is -2.35. The summed E-state index contributed by atoms with van der Waals surface area (Å²) in [6.45, 7) is 0. The molecule has 1 heterocycles. The van der Waals surface area contributed by atoms with Crippen molar-refractivity contribution in [2.45, 2.75) is 0 Å². The quantitative estimate of drug-likeness (QED) is 0.805. The Morgan fingerprint density at radius 1 is 1.12 bits per heavy atom. The highest BCUT2D eigenvalue weighted by Crippen LogP contribution is 2.19. The molecule has 90 valence electrons. The van der Waals surface area contributed by atoms with Gasteiger partial charge in [0.25, 0.3) is 0 Å². The van der Waals surface area contributed by atoms with E-state index in [1.54, 1.807) is 0 Å². The summed E-state index contributed by atoms with van der Waals surface area (Å²) in [4.78, 5) is 3.65. The third-order valence-electron chi connectivity index (χ3n) is 1.50. The van der Waals surface area contributed by atoms with E-state index < -0.39 is 20.0 Å². The Labute approximate surface area is 99.0 Å². The summed E-state index contributed by atoms with van der Waals surface area (Å²) in [6.07, 6.45) is 2.73. The summed E-state index contributed by atoms with van der Waals surface area (Å²) >= 11 is 5.56. The number of rotatable bonds is 3. The number of nitrogens with zero attached hydrogens (tertiary/aromatic N) is 2. The molecule has 0 bridgehead atoms. The Bertz CT molecular complexity index is 547. The number of aromatic nitrogens is 1. The maximum Gasteiger partial charge on any atom is 0.246 e. The van der Waals surface area contributed by atoms with Gasteiger partial charge in [0.15, 0.2) is 5.82 Å². The van der Waals surface area contributed by atoms with Gasteiger partial charge in [-0.2, -0.15) is 0 Å². The first-order chi connectivity index (χ1) is 7.12. The fraction of sp³-hybridized carbons (Fsp3) is 0.286. The van der Waals surface area contributed by atoms with Crippen molar-refractivity contribution in [1.82, 2.24) is 4.98 Å². The molecule has 6 nitrogen and oxygen atoms in total. The fourth-order valence-corrected chi connectivity index (χ4v) is 4.04. The van der Waals surface area contributed by atoms with Crippen LogP contribution in [0, 0.1) is 0 Å². The fourth-order valence-electron chi connectivity index (χ4n) is 1.06. The minimum absolute atomic E-state index is 0.214. The van der Waals surface area contributed by atoms with Gasteiger partial charge in [-0.1, -0.05) is 11.6 Å². The first-order valence-electron chi connectivity index (χ1n) is 3.94. The predicted octanol–water partition coefficient (Wildman–Crippen LogP) is 0.461. The van der Waals surface area contributed by atoms with Gasteiger partial charge in [0.05, 0.1) is 17.5 Å². The number of halogens is 1. The van der Waals surface area contributed by atoms with Crippen molar-refractivity contribution in [3.8, 4) is 0 Å². The zero-order valence-electron chi connectivity index (χ0n) is 8.45.